The molecule has 34 heavy (non-hydrogen) atoms. The minimum atomic E-state index is -4.43. The van der Waals surface area contributed by atoms with Gasteiger partial charge in [-0.15, -0.1) is 0 Å². The van der Waals surface area contributed by atoms with Crippen molar-refractivity contribution in [2.45, 2.75) is 18.7 Å². The maximum absolute atomic E-state index is 14.9. The molecule has 0 fully saturated rings. The Labute approximate surface area is 192 Å². The van der Waals surface area contributed by atoms with Crippen LogP contribution in [-0.4, -0.2) is 21.4 Å². The van der Waals surface area contributed by atoms with E-state index in [9.17, 15) is 17.6 Å². The van der Waals surface area contributed by atoms with Crippen molar-refractivity contribution < 1.29 is 27.0 Å². The first-order valence-electron chi connectivity index (χ1n) is 10.5. The topological polar surface area (TPSA) is 49.2 Å². The SMILES string of the molecule is Cn1ccc(-c2cncc(Cc3cc(F)c4c(c3)OCC(c3ccc(C(F)(F)F)cc3)O4)c2)n1. The van der Waals surface area contributed by atoms with Crippen molar-refractivity contribution in [1.82, 2.24) is 14.8 Å². The second-order valence-corrected chi connectivity index (χ2v) is 8.08. The number of ether oxygens (including phenoxy) is 2. The lowest BCUT2D eigenvalue weighted by atomic mass is 10.0. The Bertz CT molecular complexity index is 1330. The summed E-state index contributed by atoms with van der Waals surface area (Å²) in [5.74, 6) is -0.398. The van der Waals surface area contributed by atoms with E-state index in [1.54, 1.807) is 23.1 Å². The van der Waals surface area contributed by atoms with Crippen molar-refractivity contribution in [2.75, 3.05) is 6.61 Å². The molecule has 3 heterocycles. The number of fused-ring (bicyclic) bond motifs is 1. The lowest BCUT2D eigenvalue weighted by molar-refractivity contribution is -0.137. The molecule has 1 aliphatic rings. The first-order valence-corrected chi connectivity index (χ1v) is 10.5. The Hall–Kier alpha value is -3.88. The van der Waals surface area contributed by atoms with Gasteiger partial charge in [-0.05, 0) is 59.5 Å². The molecule has 174 valence electrons. The van der Waals surface area contributed by atoms with Crippen LogP contribution in [0.25, 0.3) is 11.3 Å². The predicted molar refractivity (Wildman–Crippen MR) is 116 cm³/mol. The van der Waals surface area contributed by atoms with Crippen molar-refractivity contribution in [3.63, 3.8) is 0 Å². The third-order valence-electron chi connectivity index (χ3n) is 5.54. The van der Waals surface area contributed by atoms with E-state index in [-0.39, 0.29) is 18.1 Å². The van der Waals surface area contributed by atoms with Gasteiger partial charge in [-0.3, -0.25) is 9.67 Å². The highest BCUT2D eigenvalue weighted by atomic mass is 19.4. The Kier molecular flexibility index (Phi) is 5.47. The molecular weight excluding hydrogens is 450 g/mol. The summed E-state index contributed by atoms with van der Waals surface area (Å²) < 4.78 is 66.5. The lowest BCUT2D eigenvalue weighted by Crippen LogP contribution is -2.22. The number of alkyl halides is 3. The minimum Gasteiger partial charge on any atom is -0.485 e. The summed E-state index contributed by atoms with van der Waals surface area (Å²) in [6, 6.07) is 11.5. The van der Waals surface area contributed by atoms with Gasteiger partial charge in [0.15, 0.2) is 23.4 Å². The number of pyridine rings is 1. The molecule has 9 heteroatoms. The van der Waals surface area contributed by atoms with E-state index in [4.69, 9.17) is 9.47 Å². The molecule has 2 aromatic carbocycles. The van der Waals surface area contributed by atoms with Gasteiger partial charge in [-0.1, -0.05) is 12.1 Å². The zero-order valence-electron chi connectivity index (χ0n) is 18.0. The minimum absolute atomic E-state index is 0.0535. The van der Waals surface area contributed by atoms with E-state index in [0.717, 1.165) is 29.0 Å². The average Bonchev–Trinajstić information content (AvgIpc) is 3.25. The summed E-state index contributed by atoms with van der Waals surface area (Å²) >= 11 is 0. The number of aryl methyl sites for hydroxylation is 1. The third-order valence-corrected chi connectivity index (χ3v) is 5.54. The molecule has 1 aliphatic heterocycles. The van der Waals surface area contributed by atoms with Gasteiger partial charge in [0.25, 0.3) is 0 Å². The van der Waals surface area contributed by atoms with Crippen molar-refractivity contribution in [1.29, 1.82) is 0 Å². The van der Waals surface area contributed by atoms with Gasteiger partial charge in [0, 0.05) is 31.2 Å². The van der Waals surface area contributed by atoms with Crippen molar-refractivity contribution in [3.05, 3.63) is 95.2 Å². The van der Waals surface area contributed by atoms with Gasteiger partial charge in [0.1, 0.15) is 6.61 Å². The van der Waals surface area contributed by atoms with Crippen LogP contribution in [0, 0.1) is 5.82 Å². The van der Waals surface area contributed by atoms with Crippen LogP contribution in [0.15, 0.2) is 67.1 Å². The molecule has 0 radical (unpaired) electrons. The zero-order chi connectivity index (χ0) is 23.9. The molecule has 1 atom stereocenters. The van der Waals surface area contributed by atoms with Crippen LogP contribution in [0.5, 0.6) is 11.5 Å². The molecule has 0 bridgehead atoms. The Morgan fingerprint density at radius 1 is 1.03 bits per heavy atom. The maximum atomic E-state index is 14.9. The van der Waals surface area contributed by atoms with Gasteiger partial charge in [0.2, 0.25) is 0 Å². The zero-order valence-corrected chi connectivity index (χ0v) is 18.0. The highest BCUT2D eigenvalue weighted by molar-refractivity contribution is 5.58. The smallest absolute Gasteiger partial charge is 0.416 e. The van der Waals surface area contributed by atoms with E-state index in [1.807, 2.05) is 25.4 Å². The molecule has 0 aliphatic carbocycles. The van der Waals surface area contributed by atoms with Crippen molar-refractivity contribution >= 4 is 0 Å². The number of hydrogen-bond acceptors (Lipinski definition) is 4. The summed E-state index contributed by atoms with van der Waals surface area (Å²) in [5.41, 5.74) is 2.91. The van der Waals surface area contributed by atoms with Crippen LogP contribution in [0.4, 0.5) is 17.6 Å². The van der Waals surface area contributed by atoms with Crippen LogP contribution >= 0.6 is 0 Å². The summed E-state index contributed by atoms with van der Waals surface area (Å²) in [4.78, 5) is 4.27. The maximum Gasteiger partial charge on any atom is 0.416 e. The van der Waals surface area contributed by atoms with E-state index in [0.29, 0.717) is 17.5 Å². The molecular formula is C25H19F4N3O2. The van der Waals surface area contributed by atoms with E-state index in [1.165, 1.54) is 18.2 Å². The largest absolute Gasteiger partial charge is 0.485 e. The van der Waals surface area contributed by atoms with E-state index in [2.05, 4.69) is 10.1 Å². The summed E-state index contributed by atoms with van der Waals surface area (Å²) in [6.07, 6.45) is 0.554. The average molecular weight is 469 g/mol. The fourth-order valence-corrected chi connectivity index (χ4v) is 3.87. The third kappa shape index (κ3) is 4.46. The standard InChI is InChI=1S/C25H19F4N3O2/c1-32-7-6-21(31-32)18-9-16(12-30-13-18)8-15-10-20(26)24-22(11-15)33-14-23(34-24)17-2-4-19(5-3-17)25(27,28)29/h2-7,9-13,23H,8,14H2,1H3. The predicted octanol–water partition coefficient (Wildman–Crippen LogP) is 5.74. The number of rotatable bonds is 4. The fraction of sp³-hybridized carbons (Fsp3) is 0.200. The Morgan fingerprint density at radius 3 is 2.53 bits per heavy atom. The number of benzene rings is 2. The van der Waals surface area contributed by atoms with Crippen LogP contribution < -0.4 is 9.47 Å². The van der Waals surface area contributed by atoms with Crippen LogP contribution in [0.2, 0.25) is 0 Å². The summed E-state index contributed by atoms with van der Waals surface area (Å²) in [7, 11) is 1.83. The molecule has 5 nitrogen and oxygen atoms in total. The number of nitrogens with zero attached hydrogens (tertiary/aromatic N) is 3. The second kappa shape index (κ2) is 8.48. The molecule has 1 unspecified atom stereocenters. The molecule has 4 aromatic rings. The molecule has 0 amide bonds. The van der Waals surface area contributed by atoms with Crippen LogP contribution in [0.1, 0.15) is 28.4 Å². The first-order chi connectivity index (χ1) is 16.3. The van der Waals surface area contributed by atoms with Crippen molar-refractivity contribution in [2.24, 2.45) is 7.05 Å². The normalized spacial score (nSPS) is 15.4. The number of aromatic nitrogens is 3. The quantitative estimate of drug-likeness (QED) is 0.358. The molecule has 0 N–H and O–H groups in total. The van der Waals surface area contributed by atoms with E-state index >= 15 is 0 Å². The number of halogens is 4. The van der Waals surface area contributed by atoms with Crippen molar-refractivity contribution in [3.8, 4) is 22.8 Å². The fourth-order valence-electron chi connectivity index (χ4n) is 3.87. The Morgan fingerprint density at radius 2 is 1.82 bits per heavy atom. The van der Waals surface area contributed by atoms with Gasteiger partial charge < -0.3 is 9.47 Å². The highest BCUT2D eigenvalue weighted by Crippen LogP contribution is 2.40. The molecule has 0 spiro atoms. The van der Waals surface area contributed by atoms with Crippen LogP contribution in [-0.2, 0) is 19.6 Å². The monoisotopic (exact) mass is 469 g/mol. The van der Waals surface area contributed by atoms with Gasteiger partial charge in [-0.25, -0.2) is 4.39 Å². The molecule has 5 rings (SSSR count). The lowest BCUT2D eigenvalue weighted by Gasteiger charge is -2.27. The summed E-state index contributed by atoms with van der Waals surface area (Å²) in [6.45, 7) is 0.0535. The van der Waals surface area contributed by atoms with E-state index < -0.39 is 23.7 Å². The van der Waals surface area contributed by atoms with Gasteiger partial charge >= 0.3 is 6.18 Å². The Balaban J connectivity index is 1.34. The first kappa shape index (κ1) is 21.9. The highest BCUT2D eigenvalue weighted by Gasteiger charge is 2.31. The number of hydrogen-bond donors (Lipinski definition) is 0. The molecule has 2 aromatic heterocycles. The second-order valence-electron chi connectivity index (χ2n) is 8.08. The molecule has 0 saturated carbocycles. The summed E-state index contributed by atoms with van der Waals surface area (Å²) in [5, 5.41) is 4.37. The molecule has 0 saturated heterocycles. The van der Waals surface area contributed by atoms with Gasteiger partial charge in [0.05, 0.1) is 11.3 Å². The van der Waals surface area contributed by atoms with Gasteiger partial charge in [-0.2, -0.15) is 18.3 Å². The van der Waals surface area contributed by atoms with Crippen LogP contribution in [0.3, 0.4) is 0 Å².